The molecule has 0 fully saturated rings. The topological polar surface area (TPSA) is 98.5 Å². The third-order valence-electron chi connectivity index (χ3n) is 3.06. The second-order valence-electron chi connectivity index (χ2n) is 4.39. The molecule has 112 valence electrons. The first kappa shape index (κ1) is 16.5. The average Bonchev–Trinajstić information content (AvgIpc) is 2.42. The summed E-state index contributed by atoms with van der Waals surface area (Å²) in [4.78, 5) is 12.1. The van der Waals surface area contributed by atoms with Gasteiger partial charge in [0.2, 0.25) is 10.0 Å². The molecule has 1 aromatic rings. The molecule has 0 atom stereocenters. The fraction of sp³-hybridized carbons (Fsp3) is 0.462. The Kier molecular flexibility index (Phi) is 5.52. The molecular weight excluding hydrogens is 280 g/mol. The van der Waals surface area contributed by atoms with E-state index < -0.39 is 10.0 Å². The quantitative estimate of drug-likeness (QED) is 0.826. The first-order valence-corrected chi connectivity index (χ1v) is 7.89. The maximum atomic E-state index is 12.2. The van der Waals surface area contributed by atoms with Crippen LogP contribution in [-0.2, 0) is 10.0 Å². The fourth-order valence-electron chi connectivity index (χ4n) is 1.80. The number of sulfonamides is 1. The molecule has 3 N–H and O–H groups in total. The van der Waals surface area contributed by atoms with Gasteiger partial charge in [-0.05, 0) is 31.0 Å². The SMILES string of the molecule is CCC(CC)NC(=O)c1cc(S(N)(=O)=O)ccc1OC. The monoisotopic (exact) mass is 300 g/mol. The Labute approximate surface area is 119 Å². The van der Waals surface area contributed by atoms with Gasteiger partial charge in [0.15, 0.2) is 0 Å². The van der Waals surface area contributed by atoms with Crippen LogP contribution in [0.4, 0.5) is 0 Å². The van der Waals surface area contributed by atoms with Crippen LogP contribution in [0.1, 0.15) is 37.0 Å². The largest absolute Gasteiger partial charge is 0.496 e. The third kappa shape index (κ3) is 3.94. The molecule has 0 saturated heterocycles. The minimum atomic E-state index is -3.86. The van der Waals surface area contributed by atoms with Gasteiger partial charge in [-0.3, -0.25) is 4.79 Å². The highest BCUT2D eigenvalue weighted by Gasteiger charge is 2.18. The van der Waals surface area contributed by atoms with E-state index in [4.69, 9.17) is 9.88 Å². The van der Waals surface area contributed by atoms with E-state index in [1.54, 1.807) is 0 Å². The molecule has 0 aromatic heterocycles. The maximum Gasteiger partial charge on any atom is 0.255 e. The number of primary sulfonamides is 1. The summed E-state index contributed by atoms with van der Waals surface area (Å²) >= 11 is 0. The summed E-state index contributed by atoms with van der Waals surface area (Å²) in [5, 5.41) is 7.90. The van der Waals surface area contributed by atoms with Crippen LogP contribution < -0.4 is 15.2 Å². The molecule has 0 unspecified atom stereocenters. The van der Waals surface area contributed by atoms with E-state index in [0.717, 1.165) is 12.8 Å². The third-order valence-corrected chi connectivity index (χ3v) is 3.98. The van der Waals surface area contributed by atoms with E-state index in [9.17, 15) is 13.2 Å². The molecule has 1 amide bonds. The number of benzene rings is 1. The number of carbonyl (C=O) groups is 1. The molecule has 7 heteroatoms. The van der Waals surface area contributed by atoms with E-state index >= 15 is 0 Å². The lowest BCUT2D eigenvalue weighted by atomic mass is 10.1. The molecule has 0 aliphatic rings. The minimum Gasteiger partial charge on any atom is -0.496 e. The number of hydrogen-bond acceptors (Lipinski definition) is 4. The van der Waals surface area contributed by atoms with Crippen molar-refractivity contribution in [2.45, 2.75) is 37.6 Å². The Morgan fingerprint density at radius 2 is 1.95 bits per heavy atom. The van der Waals surface area contributed by atoms with Crippen molar-refractivity contribution in [2.24, 2.45) is 5.14 Å². The lowest BCUT2D eigenvalue weighted by Gasteiger charge is -2.16. The van der Waals surface area contributed by atoms with Crippen molar-refractivity contribution in [2.75, 3.05) is 7.11 Å². The fourth-order valence-corrected chi connectivity index (χ4v) is 2.34. The van der Waals surface area contributed by atoms with Crippen molar-refractivity contribution >= 4 is 15.9 Å². The van der Waals surface area contributed by atoms with Gasteiger partial charge < -0.3 is 10.1 Å². The zero-order valence-electron chi connectivity index (χ0n) is 11.8. The van der Waals surface area contributed by atoms with Crippen LogP contribution in [0.25, 0.3) is 0 Å². The number of methoxy groups -OCH3 is 1. The lowest BCUT2D eigenvalue weighted by molar-refractivity contribution is 0.0931. The lowest BCUT2D eigenvalue weighted by Crippen LogP contribution is -2.34. The van der Waals surface area contributed by atoms with E-state index in [1.165, 1.54) is 25.3 Å². The molecule has 0 aliphatic carbocycles. The Balaban J connectivity index is 3.17. The van der Waals surface area contributed by atoms with E-state index in [-0.39, 0.29) is 22.4 Å². The van der Waals surface area contributed by atoms with Gasteiger partial charge in [-0.25, -0.2) is 13.6 Å². The van der Waals surface area contributed by atoms with Gasteiger partial charge in [-0.2, -0.15) is 0 Å². The summed E-state index contributed by atoms with van der Waals surface area (Å²) in [6, 6.07) is 3.99. The number of amides is 1. The summed E-state index contributed by atoms with van der Waals surface area (Å²) < 4.78 is 27.8. The molecule has 0 bridgehead atoms. The molecule has 20 heavy (non-hydrogen) atoms. The number of rotatable bonds is 6. The van der Waals surface area contributed by atoms with Crippen LogP contribution in [0.15, 0.2) is 23.1 Å². The average molecular weight is 300 g/mol. The normalized spacial score (nSPS) is 11.4. The number of hydrogen-bond donors (Lipinski definition) is 2. The number of nitrogens with two attached hydrogens (primary N) is 1. The first-order chi connectivity index (χ1) is 9.33. The highest BCUT2D eigenvalue weighted by Crippen LogP contribution is 2.22. The van der Waals surface area contributed by atoms with Crippen molar-refractivity contribution in [3.8, 4) is 5.75 Å². The zero-order chi connectivity index (χ0) is 15.3. The van der Waals surface area contributed by atoms with Gasteiger partial charge in [-0.1, -0.05) is 13.8 Å². The van der Waals surface area contributed by atoms with Gasteiger partial charge in [-0.15, -0.1) is 0 Å². The predicted octanol–water partition coefficient (Wildman–Crippen LogP) is 1.26. The van der Waals surface area contributed by atoms with Crippen molar-refractivity contribution in [1.82, 2.24) is 5.32 Å². The Morgan fingerprint density at radius 1 is 1.35 bits per heavy atom. The minimum absolute atomic E-state index is 0.0327. The molecule has 1 aromatic carbocycles. The van der Waals surface area contributed by atoms with Gasteiger partial charge >= 0.3 is 0 Å². The van der Waals surface area contributed by atoms with Gasteiger partial charge in [0, 0.05) is 6.04 Å². The molecule has 0 spiro atoms. The van der Waals surface area contributed by atoms with Crippen LogP contribution in [0.2, 0.25) is 0 Å². The van der Waals surface area contributed by atoms with Crippen LogP contribution in [0.3, 0.4) is 0 Å². The Bertz CT molecular complexity index is 580. The maximum absolute atomic E-state index is 12.2. The summed E-state index contributed by atoms with van der Waals surface area (Å²) in [5.74, 6) is -0.0677. The first-order valence-electron chi connectivity index (χ1n) is 6.35. The van der Waals surface area contributed by atoms with E-state index in [1.807, 2.05) is 13.8 Å². The smallest absolute Gasteiger partial charge is 0.255 e. The second-order valence-corrected chi connectivity index (χ2v) is 5.96. The molecule has 1 rings (SSSR count). The molecule has 0 saturated carbocycles. The standard InChI is InChI=1S/C13H20N2O4S/c1-4-9(5-2)15-13(16)11-8-10(20(14,17)18)6-7-12(11)19-3/h6-9H,4-5H2,1-3H3,(H,15,16)(H2,14,17,18). The van der Waals surface area contributed by atoms with Crippen molar-refractivity contribution in [3.05, 3.63) is 23.8 Å². The van der Waals surface area contributed by atoms with Crippen molar-refractivity contribution < 1.29 is 17.9 Å². The molecule has 0 radical (unpaired) electrons. The molecule has 0 aliphatic heterocycles. The summed E-state index contributed by atoms with van der Waals surface area (Å²) in [5.41, 5.74) is 0.158. The number of nitrogens with one attached hydrogen (secondary N) is 1. The molecule has 0 heterocycles. The van der Waals surface area contributed by atoms with Gasteiger partial charge in [0.05, 0.1) is 17.6 Å². The van der Waals surface area contributed by atoms with Gasteiger partial charge in [0.25, 0.3) is 5.91 Å². The van der Waals surface area contributed by atoms with Crippen LogP contribution >= 0.6 is 0 Å². The summed E-state index contributed by atoms with van der Waals surface area (Å²) in [6.45, 7) is 3.93. The summed E-state index contributed by atoms with van der Waals surface area (Å²) in [6.07, 6.45) is 1.58. The Hall–Kier alpha value is -1.60. The number of ether oxygens (including phenoxy) is 1. The van der Waals surface area contributed by atoms with Gasteiger partial charge in [0.1, 0.15) is 5.75 Å². The Morgan fingerprint density at radius 3 is 2.40 bits per heavy atom. The molecular formula is C13H20N2O4S. The second kappa shape index (κ2) is 6.71. The van der Waals surface area contributed by atoms with Crippen LogP contribution in [-0.4, -0.2) is 27.5 Å². The zero-order valence-corrected chi connectivity index (χ0v) is 12.7. The van der Waals surface area contributed by atoms with E-state index in [0.29, 0.717) is 5.75 Å². The molecule has 6 nitrogen and oxygen atoms in total. The van der Waals surface area contributed by atoms with Crippen molar-refractivity contribution in [1.29, 1.82) is 0 Å². The van der Waals surface area contributed by atoms with Crippen molar-refractivity contribution in [3.63, 3.8) is 0 Å². The summed E-state index contributed by atoms with van der Waals surface area (Å²) in [7, 11) is -2.44. The van der Waals surface area contributed by atoms with Crippen LogP contribution in [0, 0.1) is 0 Å². The highest BCUT2D eigenvalue weighted by atomic mass is 32.2. The predicted molar refractivity (Wildman–Crippen MR) is 76.2 cm³/mol. The highest BCUT2D eigenvalue weighted by molar-refractivity contribution is 7.89. The number of carbonyl (C=O) groups excluding carboxylic acids is 1. The van der Waals surface area contributed by atoms with Crippen LogP contribution in [0.5, 0.6) is 5.75 Å². The van der Waals surface area contributed by atoms with E-state index in [2.05, 4.69) is 5.32 Å².